The number of hydrogen-bond donors (Lipinski definition) is 0. The molecule has 220 valence electrons. The molecule has 0 bridgehead atoms. The Kier molecular flexibility index (Phi) is 4.66. The lowest BCUT2D eigenvalue weighted by atomic mass is 9.91. The molecule has 11 aromatic rings. The molecular weight excluding hydrogens is 574 g/mol. The lowest BCUT2D eigenvalue weighted by Gasteiger charge is -2.14. The van der Waals surface area contributed by atoms with Crippen LogP contribution in [0.2, 0.25) is 0 Å². The van der Waals surface area contributed by atoms with Crippen molar-refractivity contribution in [1.29, 1.82) is 0 Å². The molecule has 11 rings (SSSR count). The van der Waals surface area contributed by atoms with Crippen LogP contribution < -0.4 is 0 Å². The first-order valence-electron chi connectivity index (χ1n) is 16.1. The maximum atomic E-state index is 5.29. The molecule has 4 aromatic heterocycles. The molecule has 0 atom stereocenters. The Bertz CT molecular complexity index is 2900. The zero-order chi connectivity index (χ0) is 31.0. The molecule has 0 fully saturated rings. The van der Waals surface area contributed by atoms with E-state index in [9.17, 15) is 0 Å². The second-order valence-electron chi connectivity index (χ2n) is 12.9. The predicted octanol–water partition coefficient (Wildman–Crippen LogP) is 10.4. The van der Waals surface area contributed by atoms with E-state index >= 15 is 0 Å². The Morgan fingerprint density at radius 2 is 0.872 bits per heavy atom. The highest BCUT2D eigenvalue weighted by atomic mass is 15.3. The summed E-state index contributed by atoms with van der Waals surface area (Å²) >= 11 is 0. The molecule has 0 saturated heterocycles. The summed E-state index contributed by atoms with van der Waals surface area (Å²) in [6.45, 7) is 4.48. The average Bonchev–Trinajstić information content (AvgIpc) is 3.81. The summed E-state index contributed by atoms with van der Waals surface area (Å²) in [6.07, 6.45) is 0. The van der Waals surface area contributed by atoms with Gasteiger partial charge in [-0.1, -0.05) is 91.0 Å². The van der Waals surface area contributed by atoms with Crippen molar-refractivity contribution < 1.29 is 0 Å². The van der Waals surface area contributed by atoms with Crippen molar-refractivity contribution in [2.24, 2.45) is 0 Å². The second-order valence-corrected chi connectivity index (χ2v) is 12.9. The molecule has 47 heavy (non-hydrogen) atoms. The first-order valence-corrected chi connectivity index (χ1v) is 16.1. The van der Waals surface area contributed by atoms with Crippen LogP contribution in [0.15, 0.2) is 127 Å². The quantitative estimate of drug-likeness (QED) is 0.198. The smallest absolute Gasteiger partial charge is 0.223 e. The van der Waals surface area contributed by atoms with Crippen molar-refractivity contribution in [3.05, 3.63) is 139 Å². The molecular formula is C42H27N5. The molecule has 0 radical (unpaired) electrons. The van der Waals surface area contributed by atoms with Crippen LogP contribution in [-0.4, -0.2) is 23.2 Å². The molecule has 0 spiro atoms. The SMILES string of the molecule is Cc1cc(-c2ccccc2)cc(C)c1-c1cc2c3c(c1)n1c4cc5ccccc5cc4nc1n3c1nc3cc4ccccc4cc3n21. The van der Waals surface area contributed by atoms with Gasteiger partial charge in [0.15, 0.2) is 0 Å². The third-order valence-electron chi connectivity index (χ3n) is 10.1. The van der Waals surface area contributed by atoms with Crippen LogP contribution in [0.3, 0.4) is 0 Å². The fourth-order valence-corrected chi connectivity index (χ4v) is 8.10. The van der Waals surface area contributed by atoms with Gasteiger partial charge in [-0.15, -0.1) is 0 Å². The molecule has 0 aliphatic carbocycles. The van der Waals surface area contributed by atoms with E-state index in [-0.39, 0.29) is 0 Å². The van der Waals surface area contributed by atoms with E-state index in [4.69, 9.17) is 9.97 Å². The molecule has 5 nitrogen and oxygen atoms in total. The van der Waals surface area contributed by atoms with E-state index in [0.717, 1.165) is 50.2 Å². The van der Waals surface area contributed by atoms with Crippen molar-refractivity contribution in [2.45, 2.75) is 13.8 Å². The summed E-state index contributed by atoms with van der Waals surface area (Å²) in [6, 6.07) is 46.1. The number of benzene rings is 7. The second kappa shape index (κ2) is 8.74. The Hall–Kier alpha value is -6.20. The van der Waals surface area contributed by atoms with Gasteiger partial charge >= 0.3 is 0 Å². The number of fused-ring (bicyclic) bond motifs is 12. The largest absolute Gasteiger partial charge is 0.276 e. The van der Waals surface area contributed by atoms with E-state index in [1.165, 1.54) is 54.9 Å². The minimum Gasteiger partial charge on any atom is -0.276 e. The molecule has 0 aliphatic rings. The number of nitrogens with zero attached hydrogens (tertiary/aromatic N) is 5. The monoisotopic (exact) mass is 601 g/mol. The van der Waals surface area contributed by atoms with Crippen molar-refractivity contribution in [1.82, 2.24) is 23.2 Å². The number of imidazole rings is 4. The van der Waals surface area contributed by atoms with E-state index < -0.39 is 0 Å². The number of rotatable bonds is 2. The van der Waals surface area contributed by atoms with E-state index in [2.05, 4.69) is 154 Å². The standard InChI is InChI=1S/C42H27N5/c1-24-16-31(26-10-4-3-5-11-26)17-25(2)39(24)32-22-37-40-38(23-32)46-36-21-30-15-9-7-13-28(30)19-34(36)44-42(46)47(40)41-43-33-18-27-12-6-8-14-29(27)20-35(33)45(37)41/h3-23H,1-2H3. The van der Waals surface area contributed by atoms with Gasteiger partial charge in [0, 0.05) is 0 Å². The highest BCUT2D eigenvalue weighted by molar-refractivity contribution is 6.08. The third-order valence-corrected chi connectivity index (χ3v) is 10.1. The zero-order valence-corrected chi connectivity index (χ0v) is 25.9. The minimum absolute atomic E-state index is 0.884. The van der Waals surface area contributed by atoms with Crippen LogP contribution in [0.1, 0.15) is 11.1 Å². The maximum Gasteiger partial charge on any atom is 0.223 e. The summed E-state index contributed by atoms with van der Waals surface area (Å²) in [5, 5.41) is 4.80. The third kappa shape index (κ3) is 3.27. The van der Waals surface area contributed by atoms with E-state index in [1.54, 1.807) is 0 Å². The Labute approximate surface area is 268 Å². The lowest BCUT2D eigenvalue weighted by molar-refractivity contribution is 1.15. The lowest BCUT2D eigenvalue weighted by Crippen LogP contribution is -1.93. The molecule has 4 heterocycles. The van der Waals surface area contributed by atoms with E-state index in [1.807, 2.05) is 0 Å². The highest BCUT2D eigenvalue weighted by Gasteiger charge is 2.25. The van der Waals surface area contributed by atoms with Crippen LogP contribution in [0, 0.1) is 13.8 Å². The van der Waals surface area contributed by atoms with Crippen LogP contribution in [0.5, 0.6) is 0 Å². The number of aryl methyl sites for hydroxylation is 2. The summed E-state index contributed by atoms with van der Waals surface area (Å²) in [4.78, 5) is 10.6. The molecule has 7 aromatic carbocycles. The number of hydrogen-bond acceptors (Lipinski definition) is 2. The van der Waals surface area contributed by atoms with E-state index in [0.29, 0.717) is 0 Å². The van der Waals surface area contributed by atoms with Gasteiger partial charge in [0.1, 0.15) is 5.52 Å². The Morgan fingerprint density at radius 3 is 1.38 bits per heavy atom. The van der Waals surface area contributed by atoms with Gasteiger partial charge in [-0.2, -0.15) is 0 Å². The highest BCUT2D eigenvalue weighted by Crippen LogP contribution is 2.41. The zero-order valence-electron chi connectivity index (χ0n) is 25.9. The van der Waals surface area contributed by atoms with Crippen molar-refractivity contribution in [3.63, 3.8) is 0 Å². The summed E-state index contributed by atoms with van der Waals surface area (Å²) in [7, 11) is 0. The molecule has 0 amide bonds. The average molecular weight is 602 g/mol. The van der Waals surface area contributed by atoms with Gasteiger partial charge in [0.05, 0.1) is 33.1 Å². The van der Waals surface area contributed by atoms with Crippen molar-refractivity contribution >= 4 is 71.7 Å². The van der Waals surface area contributed by atoms with Crippen molar-refractivity contribution in [2.75, 3.05) is 0 Å². The Morgan fingerprint density at radius 1 is 0.404 bits per heavy atom. The van der Waals surface area contributed by atoms with Gasteiger partial charge in [-0.3, -0.25) is 8.80 Å². The van der Waals surface area contributed by atoms with Crippen LogP contribution in [0.25, 0.3) is 94.0 Å². The fraction of sp³-hybridized carbons (Fsp3) is 0.0476. The molecule has 0 aliphatic heterocycles. The normalized spacial score (nSPS) is 12.5. The summed E-state index contributed by atoms with van der Waals surface area (Å²) < 4.78 is 6.95. The van der Waals surface area contributed by atoms with Gasteiger partial charge < -0.3 is 0 Å². The maximum absolute atomic E-state index is 5.29. The van der Waals surface area contributed by atoms with Crippen LogP contribution in [0.4, 0.5) is 0 Å². The van der Waals surface area contributed by atoms with Crippen LogP contribution in [-0.2, 0) is 0 Å². The minimum atomic E-state index is 0.884. The number of aromatic nitrogens is 5. The van der Waals surface area contributed by atoms with Gasteiger partial charge in [0.2, 0.25) is 11.6 Å². The van der Waals surface area contributed by atoms with Crippen LogP contribution >= 0.6 is 0 Å². The van der Waals surface area contributed by atoms with Gasteiger partial charge in [-0.05, 0) is 105 Å². The topological polar surface area (TPSA) is 39.0 Å². The van der Waals surface area contributed by atoms with Gasteiger partial charge in [0.25, 0.3) is 0 Å². The molecule has 0 unspecified atom stereocenters. The van der Waals surface area contributed by atoms with Gasteiger partial charge in [-0.25, -0.2) is 14.4 Å². The molecule has 0 saturated carbocycles. The molecule has 5 heteroatoms. The summed E-state index contributed by atoms with van der Waals surface area (Å²) in [5.74, 6) is 1.77. The predicted molar refractivity (Wildman–Crippen MR) is 194 cm³/mol. The van der Waals surface area contributed by atoms with Crippen molar-refractivity contribution in [3.8, 4) is 22.3 Å². The summed E-state index contributed by atoms with van der Waals surface area (Å²) in [5.41, 5.74) is 15.0. The molecule has 0 N–H and O–H groups in total. The Balaban J connectivity index is 1.31. The first-order chi connectivity index (χ1) is 23.1. The first kappa shape index (κ1) is 25.0. The fourth-order valence-electron chi connectivity index (χ4n) is 8.10.